The number of carbonyl (C=O) groups is 1. The molecule has 3 rings (SSSR count). The molecule has 5 nitrogen and oxygen atoms in total. The second kappa shape index (κ2) is 8.40. The van der Waals surface area contributed by atoms with Crippen molar-refractivity contribution in [2.75, 3.05) is 33.7 Å². The molecule has 1 aromatic rings. The van der Waals surface area contributed by atoms with Gasteiger partial charge < -0.3 is 15.1 Å². The standard InChI is InChI=1S/C21H34N4O/c1-16(2)25-9-5-6-18(13-25)11-22-21(26)24(4)12-17-7-8-19-14-23(3)15-20(19)10-17/h7-8,10,16,18H,5-6,9,11-15H2,1-4H3,(H,22,26). The summed E-state index contributed by atoms with van der Waals surface area (Å²) in [6, 6.07) is 7.25. The van der Waals surface area contributed by atoms with Gasteiger partial charge in [0, 0.05) is 45.8 Å². The Labute approximate surface area is 158 Å². The molecule has 1 atom stereocenters. The first-order chi connectivity index (χ1) is 12.4. The second-order valence-corrected chi connectivity index (χ2v) is 8.41. The number of nitrogens with one attached hydrogen (secondary N) is 1. The average Bonchev–Trinajstić information content (AvgIpc) is 2.99. The fraction of sp³-hybridized carbons (Fsp3) is 0.667. The number of rotatable bonds is 5. The van der Waals surface area contributed by atoms with Crippen molar-refractivity contribution >= 4 is 6.03 Å². The third-order valence-corrected chi connectivity index (χ3v) is 5.74. The van der Waals surface area contributed by atoms with Gasteiger partial charge in [-0.05, 0) is 62.9 Å². The van der Waals surface area contributed by atoms with E-state index < -0.39 is 0 Å². The lowest BCUT2D eigenvalue weighted by atomic mass is 9.97. The Morgan fingerprint density at radius 2 is 2.08 bits per heavy atom. The molecule has 5 heteroatoms. The predicted octanol–water partition coefficient (Wildman–Crippen LogP) is 2.89. The highest BCUT2D eigenvalue weighted by Crippen LogP contribution is 2.23. The zero-order valence-corrected chi connectivity index (χ0v) is 16.8. The largest absolute Gasteiger partial charge is 0.338 e. The minimum atomic E-state index is 0.0317. The van der Waals surface area contributed by atoms with Gasteiger partial charge in [0.1, 0.15) is 0 Å². The van der Waals surface area contributed by atoms with E-state index in [4.69, 9.17) is 0 Å². The molecule has 0 spiro atoms. The summed E-state index contributed by atoms with van der Waals surface area (Å²) in [4.78, 5) is 19.1. The molecule has 0 aromatic heterocycles. The Balaban J connectivity index is 1.47. The number of hydrogen-bond acceptors (Lipinski definition) is 3. The summed E-state index contributed by atoms with van der Waals surface area (Å²) in [5.74, 6) is 0.569. The van der Waals surface area contributed by atoms with E-state index in [0.717, 1.165) is 26.2 Å². The molecular formula is C21H34N4O. The van der Waals surface area contributed by atoms with Crippen LogP contribution in [0.5, 0.6) is 0 Å². The molecule has 1 saturated heterocycles. The van der Waals surface area contributed by atoms with Crippen molar-refractivity contribution in [2.24, 2.45) is 5.92 Å². The van der Waals surface area contributed by atoms with Gasteiger partial charge in [0.2, 0.25) is 0 Å². The lowest BCUT2D eigenvalue weighted by Crippen LogP contribution is -2.45. The minimum Gasteiger partial charge on any atom is -0.338 e. The SMILES string of the molecule is CC(C)N1CCCC(CNC(=O)N(C)Cc2ccc3c(c2)CN(C)C3)C1. The van der Waals surface area contributed by atoms with Crippen LogP contribution in [0.4, 0.5) is 4.79 Å². The topological polar surface area (TPSA) is 38.8 Å². The van der Waals surface area contributed by atoms with Gasteiger partial charge in [0.05, 0.1) is 0 Å². The summed E-state index contributed by atoms with van der Waals surface area (Å²) in [5.41, 5.74) is 4.02. The number of amides is 2. The van der Waals surface area contributed by atoms with E-state index in [-0.39, 0.29) is 6.03 Å². The van der Waals surface area contributed by atoms with Gasteiger partial charge in [-0.3, -0.25) is 4.90 Å². The number of likely N-dealkylation sites (tertiary alicyclic amines) is 1. The van der Waals surface area contributed by atoms with Gasteiger partial charge in [-0.25, -0.2) is 4.79 Å². The Bertz CT molecular complexity index is 630. The third kappa shape index (κ3) is 4.77. The Kier molecular flexibility index (Phi) is 6.20. The number of hydrogen-bond donors (Lipinski definition) is 1. The fourth-order valence-electron chi connectivity index (χ4n) is 4.16. The number of benzene rings is 1. The van der Waals surface area contributed by atoms with E-state index in [9.17, 15) is 4.79 Å². The summed E-state index contributed by atoms with van der Waals surface area (Å²) in [6.07, 6.45) is 2.45. The van der Waals surface area contributed by atoms with Crippen molar-refractivity contribution in [1.82, 2.24) is 20.0 Å². The normalized spacial score (nSPS) is 21.0. The highest BCUT2D eigenvalue weighted by atomic mass is 16.2. The molecule has 0 bridgehead atoms. The zero-order chi connectivity index (χ0) is 18.7. The molecule has 2 heterocycles. The van der Waals surface area contributed by atoms with Gasteiger partial charge in [-0.2, -0.15) is 0 Å². The van der Waals surface area contributed by atoms with Crippen LogP contribution in [0.15, 0.2) is 18.2 Å². The zero-order valence-electron chi connectivity index (χ0n) is 16.8. The van der Waals surface area contributed by atoms with Gasteiger partial charge in [0.15, 0.2) is 0 Å². The van der Waals surface area contributed by atoms with Gasteiger partial charge >= 0.3 is 6.03 Å². The van der Waals surface area contributed by atoms with Crippen LogP contribution >= 0.6 is 0 Å². The molecule has 1 unspecified atom stereocenters. The molecular weight excluding hydrogens is 324 g/mol. The molecule has 26 heavy (non-hydrogen) atoms. The smallest absolute Gasteiger partial charge is 0.317 e. The fourth-order valence-corrected chi connectivity index (χ4v) is 4.16. The van der Waals surface area contributed by atoms with E-state index in [1.165, 1.54) is 36.1 Å². The lowest BCUT2D eigenvalue weighted by Gasteiger charge is -2.35. The molecule has 1 N–H and O–H groups in total. The molecule has 0 radical (unpaired) electrons. The van der Waals surface area contributed by atoms with E-state index in [2.05, 4.69) is 54.2 Å². The van der Waals surface area contributed by atoms with E-state index in [0.29, 0.717) is 18.5 Å². The van der Waals surface area contributed by atoms with E-state index >= 15 is 0 Å². The molecule has 2 aliphatic rings. The maximum Gasteiger partial charge on any atom is 0.317 e. The molecule has 2 amide bonds. The highest BCUT2D eigenvalue weighted by molar-refractivity contribution is 5.73. The molecule has 144 valence electrons. The Morgan fingerprint density at radius 3 is 2.85 bits per heavy atom. The number of carbonyl (C=O) groups excluding carboxylic acids is 1. The van der Waals surface area contributed by atoms with Crippen LogP contribution in [-0.4, -0.2) is 60.5 Å². The van der Waals surface area contributed by atoms with Crippen LogP contribution in [0.25, 0.3) is 0 Å². The van der Waals surface area contributed by atoms with Crippen molar-refractivity contribution in [3.8, 4) is 0 Å². The van der Waals surface area contributed by atoms with Gasteiger partial charge in [-0.1, -0.05) is 18.2 Å². The van der Waals surface area contributed by atoms with E-state index in [1.807, 2.05) is 7.05 Å². The summed E-state index contributed by atoms with van der Waals surface area (Å²) >= 11 is 0. The Hall–Kier alpha value is -1.59. The summed E-state index contributed by atoms with van der Waals surface area (Å²) < 4.78 is 0. The first kappa shape index (κ1) is 19.2. The van der Waals surface area contributed by atoms with Crippen molar-refractivity contribution in [3.63, 3.8) is 0 Å². The number of nitrogens with zero attached hydrogens (tertiary/aromatic N) is 3. The van der Waals surface area contributed by atoms with Crippen LogP contribution in [0, 0.1) is 5.92 Å². The monoisotopic (exact) mass is 358 g/mol. The minimum absolute atomic E-state index is 0.0317. The third-order valence-electron chi connectivity index (χ3n) is 5.74. The maximum absolute atomic E-state index is 12.5. The van der Waals surface area contributed by atoms with Gasteiger partial charge in [-0.15, -0.1) is 0 Å². The van der Waals surface area contributed by atoms with Crippen molar-refractivity contribution < 1.29 is 4.79 Å². The summed E-state index contributed by atoms with van der Waals surface area (Å²) in [5, 5.41) is 3.14. The summed E-state index contributed by atoms with van der Waals surface area (Å²) in [7, 11) is 4.03. The van der Waals surface area contributed by atoms with Crippen LogP contribution in [0.2, 0.25) is 0 Å². The average molecular weight is 359 g/mol. The molecule has 0 aliphatic carbocycles. The quantitative estimate of drug-likeness (QED) is 0.880. The van der Waals surface area contributed by atoms with Crippen LogP contribution in [-0.2, 0) is 19.6 Å². The molecule has 1 fully saturated rings. The summed E-state index contributed by atoms with van der Waals surface area (Å²) in [6.45, 7) is 10.3. The highest BCUT2D eigenvalue weighted by Gasteiger charge is 2.22. The number of urea groups is 1. The lowest BCUT2D eigenvalue weighted by molar-refractivity contribution is 0.137. The first-order valence-electron chi connectivity index (χ1n) is 9.94. The number of piperidine rings is 1. The first-order valence-corrected chi connectivity index (χ1v) is 9.94. The van der Waals surface area contributed by atoms with Crippen LogP contribution in [0.1, 0.15) is 43.4 Å². The molecule has 2 aliphatic heterocycles. The predicted molar refractivity (Wildman–Crippen MR) is 106 cm³/mol. The van der Waals surface area contributed by atoms with E-state index in [1.54, 1.807) is 4.90 Å². The Morgan fingerprint density at radius 1 is 1.31 bits per heavy atom. The number of fused-ring (bicyclic) bond motifs is 1. The van der Waals surface area contributed by atoms with Crippen LogP contribution in [0.3, 0.4) is 0 Å². The molecule has 0 saturated carbocycles. The molecule has 1 aromatic carbocycles. The van der Waals surface area contributed by atoms with Crippen molar-refractivity contribution in [1.29, 1.82) is 0 Å². The van der Waals surface area contributed by atoms with Crippen LogP contribution < -0.4 is 5.32 Å². The van der Waals surface area contributed by atoms with Gasteiger partial charge in [0.25, 0.3) is 0 Å². The van der Waals surface area contributed by atoms with Crippen molar-refractivity contribution in [2.45, 2.75) is 52.4 Å². The second-order valence-electron chi connectivity index (χ2n) is 8.41. The van der Waals surface area contributed by atoms with Crippen molar-refractivity contribution in [3.05, 3.63) is 34.9 Å². The maximum atomic E-state index is 12.5.